The fourth-order valence-corrected chi connectivity index (χ4v) is 1.57. The minimum Gasteiger partial charge on any atom is -0.370 e. The average Bonchev–Trinajstić information content (AvgIpc) is 2.14. The summed E-state index contributed by atoms with van der Waals surface area (Å²) in [4.78, 5) is 15.3. The molecule has 16 heavy (non-hydrogen) atoms. The Morgan fingerprint density at radius 2 is 2.38 bits per heavy atom. The first-order valence-corrected chi connectivity index (χ1v) is 5.43. The van der Waals surface area contributed by atoms with Crippen LogP contribution >= 0.6 is 24.0 Å². The molecule has 1 saturated heterocycles. The Bertz CT molecular complexity index is 255. The van der Waals surface area contributed by atoms with Crippen molar-refractivity contribution >= 4 is 35.8 Å². The summed E-state index contributed by atoms with van der Waals surface area (Å²) in [6.45, 7) is 4.58. The number of nitrogens with two attached hydrogens (primary N) is 1. The molecule has 1 aliphatic heterocycles. The van der Waals surface area contributed by atoms with Crippen LogP contribution in [0.4, 0.5) is 0 Å². The predicted octanol–water partition coefficient (Wildman–Crippen LogP) is 0.586. The number of nitrogens with zero attached hydrogens (tertiary/aromatic N) is 1. The van der Waals surface area contributed by atoms with Crippen LogP contribution < -0.4 is 16.4 Å². The van der Waals surface area contributed by atoms with Gasteiger partial charge in [-0.1, -0.05) is 0 Å². The van der Waals surface area contributed by atoms with Crippen LogP contribution in [0.15, 0.2) is 4.99 Å². The lowest BCUT2D eigenvalue weighted by Gasteiger charge is -2.21. The second kappa shape index (κ2) is 7.70. The first-order chi connectivity index (χ1) is 7.08. The topological polar surface area (TPSA) is 79.5 Å². The van der Waals surface area contributed by atoms with Crippen molar-refractivity contribution in [3.63, 3.8) is 0 Å². The predicted molar refractivity (Wildman–Crippen MR) is 76.0 cm³/mol. The Kier molecular flexibility index (Phi) is 7.44. The van der Waals surface area contributed by atoms with E-state index in [0.29, 0.717) is 18.9 Å². The lowest BCUT2D eigenvalue weighted by Crippen LogP contribution is -2.42. The average molecular weight is 340 g/mol. The largest absolute Gasteiger partial charge is 0.370 e. The maximum absolute atomic E-state index is 11.1. The van der Waals surface area contributed by atoms with E-state index in [1.165, 1.54) is 0 Å². The van der Waals surface area contributed by atoms with E-state index in [4.69, 9.17) is 5.73 Å². The standard InChI is InChI=1S/C10H20N4O.HI/c1-7(2)13-10(11)12-6-8-4-3-5-9(15)14-8;/h7-8H,3-6H2,1-2H3,(H,14,15)(H3,11,12,13);1H. The minimum absolute atomic E-state index is 0. The number of halogens is 1. The van der Waals surface area contributed by atoms with Crippen molar-refractivity contribution < 1.29 is 4.79 Å². The molecule has 4 N–H and O–H groups in total. The Hall–Kier alpha value is -0.530. The number of aliphatic imine (C=N–C) groups is 1. The highest BCUT2D eigenvalue weighted by molar-refractivity contribution is 14.0. The fraction of sp³-hybridized carbons (Fsp3) is 0.800. The molecule has 1 atom stereocenters. The van der Waals surface area contributed by atoms with Crippen molar-refractivity contribution in [3.05, 3.63) is 0 Å². The molecular formula is C10H21IN4O. The number of hydrogen-bond acceptors (Lipinski definition) is 2. The van der Waals surface area contributed by atoms with Crippen LogP contribution in [0, 0.1) is 0 Å². The van der Waals surface area contributed by atoms with Gasteiger partial charge in [0.2, 0.25) is 5.91 Å². The normalized spacial score (nSPS) is 21.3. The van der Waals surface area contributed by atoms with Gasteiger partial charge in [-0.3, -0.25) is 9.79 Å². The van der Waals surface area contributed by atoms with Gasteiger partial charge < -0.3 is 16.4 Å². The number of guanidine groups is 1. The van der Waals surface area contributed by atoms with Crippen LogP contribution in [0.5, 0.6) is 0 Å². The third kappa shape index (κ3) is 6.14. The first-order valence-electron chi connectivity index (χ1n) is 5.43. The second-order valence-corrected chi connectivity index (χ2v) is 4.18. The molecule has 1 aliphatic rings. The molecule has 1 unspecified atom stereocenters. The molecule has 0 aromatic heterocycles. The molecule has 0 saturated carbocycles. The van der Waals surface area contributed by atoms with E-state index in [0.717, 1.165) is 12.8 Å². The van der Waals surface area contributed by atoms with Crippen molar-refractivity contribution in [2.45, 2.75) is 45.2 Å². The van der Waals surface area contributed by atoms with Gasteiger partial charge in [-0.2, -0.15) is 0 Å². The summed E-state index contributed by atoms with van der Waals surface area (Å²) in [6.07, 6.45) is 2.58. The van der Waals surface area contributed by atoms with Crippen molar-refractivity contribution in [3.8, 4) is 0 Å². The highest BCUT2D eigenvalue weighted by atomic mass is 127. The molecule has 5 nitrogen and oxygen atoms in total. The van der Waals surface area contributed by atoms with Crippen LogP contribution in [0.3, 0.4) is 0 Å². The number of amides is 1. The number of hydrogen-bond donors (Lipinski definition) is 3. The molecule has 0 bridgehead atoms. The summed E-state index contributed by atoms with van der Waals surface area (Å²) in [7, 11) is 0. The second-order valence-electron chi connectivity index (χ2n) is 4.18. The molecule has 0 aliphatic carbocycles. The van der Waals surface area contributed by atoms with Gasteiger partial charge in [-0.25, -0.2) is 0 Å². The van der Waals surface area contributed by atoms with Gasteiger partial charge >= 0.3 is 0 Å². The lowest BCUT2D eigenvalue weighted by atomic mass is 10.0. The van der Waals surface area contributed by atoms with Gasteiger partial charge in [0.25, 0.3) is 0 Å². The fourth-order valence-electron chi connectivity index (χ4n) is 1.57. The first kappa shape index (κ1) is 15.5. The zero-order valence-corrected chi connectivity index (χ0v) is 12.2. The molecule has 0 radical (unpaired) electrons. The number of nitrogens with one attached hydrogen (secondary N) is 2. The van der Waals surface area contributed by atoms with Gasteiger partial charge in [0, 0.05) is 18.5 Å². The third-order valence-electron chi connectivity index (χ3n) is 2.24. The summed E-state index contributed by atoms with van der Waals surface area (Å²) in [6, 6.07) is 0.438. The summed E-state index contributed by atoms with van der Waals surface area (Å²) < 4.78 is 0. The van der Waals surface area contributed by atoms with E-state index in [9.17, 15) is 4.79 Å². The Morgan fingerprint density at radius 1 is 1.69 bits per heavy atom. The summed E-state index contributed by atoms with van der Waals surface area (Å²) in [5.41, 5.74) is 5.65. The summed E-state index contributed by atoms with van der Waals surface area (Å²) >= 11 is 0. The Labute approximate surface area is 114 Å². The molecule has 0 aromatic rings. The molecule has 6 heteroatoms. The number of carbonyl (C=O) groups excluding carboxylic acids is 1. The zero-order chi connectivity index (χ0) is 11.3. The third-order valence-corrected chi connectivity index (χ3v) is 2.24. The lowest BCUT2D eigenvalue weighted by molar-refractivity contribution is -0.123. The van der Waals surface area contributed by atoms with Crippen molar-refractivity contribution in [1.29, 1.82) is 0 Å². The van der Waals surface area contributed by atoms with Crippen LogP contribution in [0.25, 0.3) is 0 Å². The quantitative estimate of drug-likeness (QED) is 0.400. The van der Waals surface area contributed by atoms with E-state index < -0.39 is 0 Å². The maximum Gasteiger partial charge on any atom is 0.220 e. The molecule has 1 amide bonds. The molecule has 94 valence electrons. The van der Waals surface area contributed by atoms with Gasteiger partial charge in [0.15, 0.2) is 5.96 Å². The summed E-state index contributed by atoms with van der Waals surface area (Å²) in [5, 5.41) is 5.90. The smallest absolute Gasteiger partial charge is 0.220 e. The Balaban J connectivity index is 0.00000225. The maximum atomic E-state index is 11.1. The SMILES string of the molecule is CC(C)NC(N)=NCC1CCCC(=O)N1.I. The molecule has 0 aromatic carbocycles. The van der Waals surface area contributed by atoms with Crippen molar-refractivity contribution in [2.75, 3.05) is 6.54 Å². The molecular weight excluding hydrogens is 319 g/mol. The molecule has 0 spiro atoms. The molecule has 1 heterocycles. The summed E-state index contributed by atoms with van der Waals surface area (Å²) in [5.74, 6) is 0.571. The van der Waals surface area contributed by atoms with Crippen molar-refractivity contribution in [2.24, 2.45) is 10.7 Å². The van der Waals surface area contributed by atoms with Gasteiger partial charge in [0.1, 0.15) is 0 Å². The van der Waals surface area contributed by atoms with Gasteiger partial charge in [0.05, 0.1) is 6.54 Å². The van der Waals surface area contributed by atoms with E-state index in [1.54, 1.807) is 0 Å². The van der Waals surface area contributed by atoms with Gasteiger partial charge in [-0.15, -0.1) is 24.0 Å². The number of rotatable bonds is 3. The van der Waals surface area contributed by atoms with Gasteiger partial charge in [-0.05, 0) is 26.7 Å². The van der Waals surface area contributed by atoms with Crippen LogP contribution in [-0.2, 0) is 4.79 Å². The molecule has 1 fully saturated rings. The van der Waals surface area contributed by atoms with E-state index in [-0.39, 0.29) is 42.0 Å². The zero-order valence-electron chi connectivity index (χ0n) is 9.82. The van der Waals surface area contributed by atoms with E-state index in [1.807, 2.05) is 13.8 Å². The monoisotopic (exact) mass is 340 g/mol. The van der Waals surface area contributed by atoms with E-state index in [2.05, 4.69) is 15.6 Å². The Morgan fingerprint density at radius 3 is 2.94 bits per heavy atom. The highest BCUT2D eigenvalue weighted by Crippen LogP contribution is 2.07. The minimum atomic E-state index is 0. The van der Waals surface area contributed by atoms with Crippen LogP contribution in [0.2, 0.25) is 0 Å². The van der Waals surface area contributed by atoms with Crippen LogP contribution in [0.1, 0.15) is 33.1 Å². The number of piperidine rings is 1. The van der Waals surface area contributed by atoms with Crippen molar-refractivity contribution in [1.82, 2.24) is 10.6 Å². The van der Waals surface area contributed by atoms with Crippen LogP contribution in [-0.4, -0.2) is 30.5 Å². The molecule has 1 rings (SSSR count). The highest BCUT2D eigenvalue weighted by Gasteiger charge is 2.17. The van der Waals surface area contributed by atoms with E-state index >= 15 is 0 Å². The number of carbonyl (C=O) groups is 1.